The Hall–Kier alpha value is -3.32. The lowest BCUT2D eigenvalue weighted by Gasteiger charge is -2.26. The summed E-state index contributed by atoms with van der Waals surface area (Å²) < 4.78 is 2.49. The van der Waals surface area contributed by atoms with Crippen LogP contribution in [0.15, 0.2) is 97.1 Å². The van der Waals surface area contributed by atoms with Gasteiger partial charge in [0.2, 0.25) is 0 Å². The lowest BCUT2D eigenvalue weighted by Crippen LogP contribution is -2.21. The molecular formula is C33H35N. The van der Waals surface area contributed by atoms with E-state index in [1.807, 2.05) is 0 Å². The highest BCUT2D eigenvalue weighted by atomic mass is 15.0. The number of para-hydroxylation sites is 1. The lowest BCUT2D eigenvalue weighted by molar-refractivity contribution is 0.361. The molecule has 0 unspecified atom stereocenters. The van der Waals surface area contributed by atoms with Gasteiger partial charge in [-0.25, -0.2) is 0 Å². The average Bonchev–Trinajstić information content (AvgIpc) is 3.13. The molecule has 0 aliphatic carbocycles. The zero-order valence-electron chi connectivity index (χ0n) is 21.1. The molecule has 4 aromatic carbocycles. The lowest BCUT2D eigenvalue weighted by atomic mass is 9.79. The first-order valence-electron chi connectivity index (χ1n) is 12.4. The van der Waals surface area contributed by atoms with Gasteiger partial charge in [0.25, 0.3) is 0 Å². The van der Waals surface area contributed by atoms with Crippen molar-refractivity contribution >= 4 is 21.8 Å². The number of benzene rings is 4. The minimum Gasteiger partial charge on any atom is -0.335 e. The molecule has 0 amide bonds. The Kier molecular flexibility index (Phi) is 5.60. The third kappa shape index (κ3) is 4.40. The van der Waals surface area contributed by atoms with Gasteiger partial charge >= 0.3 is 0 Å². The monoisotopic (exact) mass is 445 g/mol. The summed E-state index contributed by atoms with van der Waals surface area (Å²) in [6, 6.07) is 35.6. The summed E-state index contributed by atoms with van der Waals surface area (Å²) in [5.74, 6) is 0. The van der Waals surface area contributed by atoms with Crippen LogP contribution in [-0.4, -0.2) is 4.57 Å². The molecule has 0 spiro atoms. The zero-order chi connectivity index (χ0) is 23.9. The Labute approximate surface area is 204 Å². The minimum absolute atomic E-state index is 0.0336. The number of aromatic nitrogens is 1. The molecular weight excluding hydrogens is 410 g/mol. The summed E-state index contributed by atoms with van der Waals surface area (Å²) >= 11 is 0. The van der Waals surface area contributed by atoms with Crippen LogP contribution in [-0.2, 0) is 18.4 Å². The van der Waals surface area contributed by atoms with Crippen LogP contribution in [0.5, 0.6) is 0 Å². The normalized spacial score (nSPS) is 12.5. The Morgan fingerprint density at radius 3 is 1.88 bits per heavy atom. The Bertz CT molecular complexity index is 1440. The Morgan fingerprint density at radius 2 is 1.15 bits per heavy atom. The van der Waals surface area contributed by atoms with Crippen LogP contribution in [0.2, 0.25) is 0 Å². The molecule has 0 bridgehead atoms. The van der Waals surface area contributed by atoms with E-state index in [2.05, 4.69) is 136 Å². The van der Waals surface area contributed by atoms with Gasteiger partial charge in [-0.3, -0.25) is 0 Å². The van der Waals surface area contributed by atoms with Gasteiger partial charge in [-0.15, -0.1) is 0 Å². The maximum Gasteiger partial charge on any atom is 0.0496 e. The van der Waals surface area contributed by atoms with Gasteiger partial charge in [0, 0.05) is 27.3 Å². The van der Waals surface area contributed by atoms with Crippen LogP contribution in [0.3, 0.4) is 0 Å². The number of fused-ring (bicyclic) bond motifs is 3. The molecule has 5 rings (SSSR count). The summed E-state index contributed by atoms with van der Waals surface area (Å²) in [6.07, 6.45) is 2.10. The molecule has 0 atom stereocenters. The van der Waals surface area contributed by atoms with Crippen LogP contribution in [0.25, 0.3) is 32.9 Å². The summed E-state index contributed by atoms with van der Waals surface area (Å²) in [5, 5.41) is 2.72. The largest absolute Gasteiger partial charge is 0.335 e. The number of hydrogen-bond donors (Lipinski definition) is 0. The van der Waals surface area contributed by atoms with Gasteiger partial charge in [-0.2, -0.15) is 0 Å². The molecule has 0 N–H and O–H groups in total. The van der Waals surface area contributed by atoms with E-state index in [-0.39, 0.29) is 11.0 Å². The van der Waals surface area contributed by atoms with E-state index < -0.39 is 0 Å². The predicted octanol–water partition coefficient (Wildman–Crippen LogP) is 9.03. The Balaban J connectivity index is 1.46. The molecule has 1 heteroatoms. The van der Waals surface area contributed by atoms with E-state index in [4.69, 9.17) is 0 Å². The molecule has 1 nitrogen and oxygen atoms in total. The Morgan fingerprint density at radius 1 is 0.529 bits per heavy atom. The van der Waals surface area contributed by atoms with E-state index in [1.54, 1.807) is 0 Å². The van der Waals surface area contributed by atoms with Crippen molar-refractivity contribution in [3.63, 3.8) is 0 Å². The molecule has 1 aromatic heterocycles. The first kappa shape index (κ1) is 22.5. The number of rotatable bonds is 5. The quantitative estimate of drug-likeness (QED) is 0.254. The molecule has 172 valence electrons. The zero-order valence-corrected chi connectivity index (χ0v) is 21.1. The van der Waals surface area contributed by atoms with E-state index in [9.17, 15) is 0 Å². The van der Waals surface area contributed by atoms with Crippen LogP contribution in [0.4, 0.5) is 0 Å². The van der Waals surface area contributed by atoms with Gasteiger partial charge < -0.3 is 4.57 Å². The third-order valence-corrected chi connectivity index (χ3v) is 6.81. The van der Waals surface area contributed by atoms with Crippen molar-refractivity contribution in [1.82, 2.24) is 4.57 Å². The van der Waals surface area contributed by atoms with Crippen molar-refractivity contribution in [2.75, 3.05) is 0 Å². The second-order valence-corrected chi connectivity index (χ2v) is 11.5. The van der Waals surface area contributed by atoms with Gasteiger partial charge in [0.05, 0.1) is 0 Å². The molecule has 0 saturated heterocycles. The van der Waals surface area contributed by atoms with Gasteiger partial charge in [0.15, 0.2) is 0 Å². The summed E-state index contributed by atoms with van der Waals surface area (Å²) in [4.78, 5) is 0. The SMILES string of the molecule is CC(C)(Cc1cccc(-c2ccccc2)c1)Cc1ccc2c(c1)c1ccccc1n2C(C)(C)C. The average molecular weight is 446 g/mol. The molecule has 0 aliphatic heterocycles. The van der Waals surface area contributed by atoms with Crippen molar-refractivity contribution in [3.05, 3.63) is 108 Å². The molecule has 0 fully saturated rings. The molecule has 5 aromatic rings. The van der Waals surface area contributed by atoms with Crippen molar-refractivity contribution in [2.45, 2.75) is 53.0 Å². The first-order valence-corrected chi connectivity index (χ1v) is 12.4. The van der Waals surface area contributed by atoms with Crippen LogP contribution >= 0.6 is 0 Å². The highest BCUT2D eigenvalue weighted by molar-refractivity contribution is 6.08. The smallest absolute Gasteiger partial charge is 0.0496 e. The fourth-order valence-electron chi connectivity index (χ4n) is 5.51. The number of hydrogen-bond acceptors (Lipinski definition) is 0. The summed E-state index contributed by atoms with van der Waals surface area (Å²) in [5.41, 5.74) is 8.22. The molecule has 0 radical (unpaired) electrons. The van der Waals surface area contributed by atoms with Gasteiger partial charge in [0.1, 0.15) is 0 Å². The molecule has 0 aliphatic rings. The highest BCUT2D eigenvalue weighted by Gasteiger charge is 2.23. The van der Waals surface area contributed by atoms with Crippen LogP contribution < -0.4 is 0 Å². The van der Waals surface area contributed by atoms with Crippen molar-refractivity contribution in [1.29, 1.82) is 0 Å². The maximum atomic E-state index is 2.49. The van der Waals surface area contributed by atoms with Gasteiger partial charge in [-0.1, -0.05) is 92.7 Å². The first-order chi connectivity index (χ1) is 16.2. The minimum atomic E-state index is 0.0336. The fraction of sp³-hybridized carbons (Fsp3) is 0.273. The number of nitrogens with zero attached hydrogens (tertiary/aromatic N) is 1. The van der Waals surface area contributed by atoms with Gasteiger partial charge in [-0.05, 0) is 79.5 Å². The topological polar surface area (TPSA) is 4.93 Å². The van der Waals surface area contributed by atoms with Crippen LogP contribution in [0.1, 0.15) is 45.7 Å². The highest BCUT2D eigenvalue weighted by Crippen LogP contribution is 2.36. The molecule has 34 heavy (non-hydrogen) atoms. The van der Waals surface area contributed by atoms with E-state index in [0.717, 1.165) is 12.8 Å². The standard InChI is InChI=1S/C33H35N/c1-32(2,3)34-30-17-10-9-16-28(30)29-21-25(18-19-31(29)34)23-33(4,5)22-24-12-11-15-27(20-24)26-13-7-6-8-14-26/h6-21H,22-23H2,1-5H3. The van der Waals surface area contributed by atoms with Crippen LogP contribution in [0, 0.1) is 5.41 Å². The third-order valence-electron chi connectivity index (χ3n) is 6.81. The summed E-state index contributed by atoms with van der Waals surface area (Å²) in [6.45, 7) is 11.7. The van der Waals surface area contributed by atoms with Crippen molar-refractivity contribution in [3.8, 4) is 11.1 Å². The van der Waals surface area contributed by atoms with Crippen molar-refractivity contribution < 1.29 is 0 Å². The molecule has 0 saturated carbocycles. The fourth-order valence-corrected chi connectivity index (χ4v) is 5.51. The second-order valence-electron chi connectivity index (χ2n) is 11.5. The molecule has 1 heterocycles. The predicted molar refractivity (Wildman–Crippen MR) is 148 cm³/mol. The van der Waals surface area contributed by atoms with E-state index in [1.165, 1.54) is 44.1 Å². The second kappa shape index (κ2) is 8.47. The summed E-state index contributed by atoms with van der Waals surface area (Å²) in [7, 11) is 0. The maximum absolute atomic E-state index is 2.49. The van der Waals surface area contributed by atoms with E-state index >= 15 is 0 Å². The van der Waals surface area contributed by atoms with E-state index in [0.29, 0.717) is 0 Å². The van der Waals surface area contributed by atoms with Crippen molar-refractivity contribution in [2.24, 2.45) is 5.41 Å².